The zero-order valence-corrected chi connectivity index (χ0v) is 16.4. The molecule has 2 N–H and O–H groups in total. The predicted octanol–water partition coefficient (Wildman–Crippen LogP) is 3.71. The van der Waals surface area contributed by atoms with Crippen LogP contribution < -0.4 is 0 Å². The van der Waals surface area contributed by atoms with E-state index in [0.29, 0.717) is 18.1 Å². The minimum atomic E-state index is -1.02. The van der Waals surface area contributed by atoms with E-state index in [4.69, 9.17) is 21.1 Å². The SMILES string of the molecule is CCc1ccc(Cc2c(Cl)ccc3c2COC32CC(O)C(O)C(C)O2)cc1. The maximum absolute atomic E-state index is 10.3. The van der Waals surface area contributed by atoms with Gasteiger partial charge in [-0.25, -0.2) is 0 Å². The fourth-order valence-corrected chi connectivity index (χ4v) is 4.38. The molecule has 0 amide bonds. The average Bonchev–Trinajstić information content (AvgIpc) is 3.00. The number of rotatable bonds is 3. The van der Waals surface area contributed by atoms with Crippen molar-refractivity contribution in [2.45, 2.75) is 63.8 Å². The van der Waals surface area contributed by atoms with Crippen LogP contribution in [0.4, 0.5) is 0 Å². The first-order valence-electron chi connectivity index (χ1n) is 9.50. The average molecular weight is 389 g/mol. The van der Waals surface area contributed by atoms with Crippen LogP contribution in [0.15, 0.2) is 36.4 Å². The van der Waals surface area contributed by atoms with E-state index < -0.39 is 24.1 Å². The highest BCUT2D eigenvalue weighted by Gasteiger charge is 2.51. The van der Waals surface area contributed by atoms with Gasteiger partial charge in [0, 0.05) is 17.0 Å². The van der Waals surface area contributed by atoms with Gasteiger partial charge in [-0.2, -0.15) is 0 Å². The lowest BCUT2D eigenvalue weighted by molar-refractivity contribution is -0.318. The Kier molecular flexibility index (Phi) is 5.04. The predicted molar refractivity (Wildman–Crippen MR) is 104 cm³/mol. The molecule has 4 atom stereocenters. The van der Waals surface area contributed by atoms with Gasteiger partial charge in [0.2, 0.25) is 0 Å². The number of hydrogen-bond donors (Lipinski definition) is 2. The normalized spacial score (nSPS) is 29.9. The van der Waals surface area contributed by atoms with E-state index in [1.54, 1.807) is 6.92 Å². The Balaban J connectivity index is 1.69. The molecule has 1 saturated heterocycles. The van der Waals surface area contributed by atoms with E-state index in [1.165, 1.54) is 11.1 Å². The number of aliphatic hydroxyl groups excluding tert-OH is 2. The summed E-state index contributed by atoms with van der Waals surface area (Å²) < 4.78 is 12.1. The Morgan fingerprint density at radius 2 is 1.81 bits per heavy atom. The van der Waals surface area contributed by atoms with Crippen LogP contribution in [0.1, 0.15) is 48.1 Å². The van der Waals surface area contributed by atoms with Crippen molar-refractivity contribution in [1.29, 1.82) is 0 Å². The summed E-state index contributed by atoms with van der Waals surface area (Å²) in [5.41, 5.74) is 5.47. The Bertz CT molecular complexity index is 821. The highest BCUT2D eigenvalue weighted by Crippen LogP contribution is 2.47. The minimum absolute atomic E-state index is 0.206. The molecule has 4 rings (SSSR count). The first kappa shape index (κ1) is 18.9. The van der Waals surface area contributed by atoms with Gasteiger partial charge in [-0.1, -0.05) is 48.9 Å². The number of aryl methyl sites for hydroxylation is 1. The first-order chi connectivity index (χ1) is 12.9. The highest BCUT2D eigenvalue weighted by atomic mass is 35.5. The molecule has 2 heterocycles. The summed E-state index contributed by atoms with van der Waals surface area (Å²) >= 11 is 6.54. The molecule has 2 aromatic rings. The lowest BCUT2D eigenvalue weighted by Crippen LogP contribution is -2.52. The third-order valence-electron chi connectivity index (χ3n) is 5.78. The molecular weight excluding hydrogens is 364 g/mol. The van der Waals surface area contributed by atoms with Gasteiger partial charge in [0.1, 0.15) is 6.10 Å². The molecule has 0 saturated carbocycles. The second-order valence-electron chi connectivity index (χ2n) is 7.53. The standard InChI is InChI=1S/C22H25ClO4/c1-3-14-4-6-15(7-5-14)10-16-17-12-26-22(18(17)8-9-19(16)23)11-20(24)21(25)13(2)27-22/h4-9,13,20-21,24-25H,3,10-12H2,1-2H3. The second kappa shape index (κ2) is 7.19. The quantitative estimate of drug-likeness (QED) is 0.841. The van der Waals surface area contributed by atoms with Crippen molar-refractivity contribution in [2.75, 3.05) is 0 Å². The summed E-state index contributed by atoms with van der Waals surface area (Å²) in [5, 5.41) is 21.0. The first-order valence-corrected chi connectivity index (χ1v) is 9.88. The molecule has 1 fully saturated rings. The fraction of sp³-hybridized carbons (Fsp3) is 0.455. The molecule has 1 spiro atoms. The Labute approximate surface area is 164 Å². The van der Waals surface area contributed by atoms with Crippen LogP contribution in [-0.4, -0.2) is 28.5 Å². The van der Waals surface area contributed by atoms with E-state index >= 15 is 0 Å². The van der Waals surface area contributed by atoms with Gasteiger partial charge in [0.05, 0.1) is 18.8 Å². The van der Waals surface area contributed by atoms with Gasteiger partial charge >= 0.3 is 0 Å². The molecule has 2 aromatic carbocycles. The summed E-state index contributed by atoms with van der Waals surface area (Å²) in [6.07, 6.45) is -0.376. The summed E-state index contributed by atoms with van der Waals surface area (Å²) in [6, 6.07) is 12.4. The zero-order chi connectivity index (χ0) is 19.2. The van der Waals surface area contributed by atoms with Crippen molar-refractivity contribution in [3.05, 3.63) is 69.2 Å². The van der Waals surface area contributed by atoms with Crippen molar-refractivity contribution in [2.24, 2.45) is 0 Å². The van der Waals surface area contributed by atoms with Gasteiger partial charge in [0.15, 0.2) is 5.79 Å². The molecule has 2 aliphatic heterocycles. The number of fused-ring (bicyclic) bond motifs is 2. The third kappa shape index (κ3) is 3.30. The highest BCUT2D eigenvalue weighted by molar-refractivity contribution is 6.31. The van der Waals surface area contributed by atoms with Crippen molar-refractivity contribution in [3.8, 4) is 0 Å². The molecule has 5 heteroatoms. The Morgan fingerprint density at radius 3 is 2.48 bits per heavy atom. The van der Waals surface area contributed by atoms with Crippen molar-refractivity contribution < 1.29 is 19.7 Å². The van der Waals surface area contributed by atoms with Gasteiger partial charge in [-0.3, -0.25) is 0 Å². The number of benzene rings is 2. The lowest BCUT2D eigenvalue weighted by Gasteiger charge is -2.42. The molecule has 0 bridgehead atoms. The summed E-state index contributed by atoms with van der Waals surface area (Å²) in [4.78, 5) is 0. The molecule has 2 aliphatic rings. The largest absolute Gasteiger partial charge is 0.390 e. The van der Waals surface area contributed by atoms with Crippen LogP contribution in [0, 0.1) is 0 Å². The Hall–Kier alpha value is -1.43. The van der Waals surface area contributed by atoms with Crippen molar-refractivity contribution in [3.63, 3.8) is 0 Å². The van der Waals surface area contributed by atoms with Crippen LogP contribution in [0.3, 0.4) is 0 Å². The molecule has 0 radical (unpaired) electrons. The van der Waals surface area contributed by atoms with Crippen LogP contribution in [0.5, 0.6) is 0 Å². The second-order valence-corrected chi connectivity index (χ2v) is 7.93. The topological polar surface area (TPSA) is 58.9 Å². The lowest BCUT2D eigenvalue weighted by atomic mass is 9.88. The van der Waals surface area contributed by atoms with E-state index in [-0.39, 0.29) is 6.42 Å². The molecule has 144 valence electrons. The van der Waals surface area contributed by atoms with Gasteiger partial charge in [-0.05, 0) is 48.1 Å². The van der Waals surface area contributed by atoms with Gasteiger partial charge < -0.3 is 19.7 Å². The molecule has 4 unspecified atom stereocenters. The number of ether oxygens (including phenoxy) is 2. The fourth-order valence-electron chi connectivity index (χ4n) is 4.13. The van der Waals surface area contributed by atoms with Crippen LogP contribution in [-0.2, 0) is 34.7 Å². The monoisotopic (exact) mass is 388 g/mol. The number of aliphatic hydroxyl groups is 2. The maximum atomic E-state index is 10.3. The van der Waals surface area contributed by atoms with Gasteiger partial charge in [0.25, 0.3) is 0 Å². The van der Waals surface area contributed by atoms with Crippen LogP contribution >= 0.6 is 11.6 Å². The minimum Gasteiger partial charge on any atom is -0.390 e. The van der Waals surface area contributed by atoms with E-state index in [2.05, 4.69) is 31.2 Å². The summed E-state index contributed by atoms with van der Waals surface area (Å²) in [5.74, 6) is -1.02. The maximum Gasteiger partial charge on any atom is 0.198 e. The summed E-state index contributed by atoms with van der Waals surface area (Å²) in [7, 11) is 0. The van der Waals surface area contributed by atoms with Crippen LogP contribution in [0.25, 0.3) is 0 Å². The number of hydrogen-bond acceptors (Lipinski definition) is 4. The van der Waals surface area contributed by atoms with Gasteiger partial charge in [-0.15, -0.1) is 0 Å². The number of halogens is 1. The molecule has 27 heavy (non-hydrogen) atoms. The van der Waals surface area contributed by atoms with Crippen molar-refractivity contribution >= 4 is 11.6 Å². The molecular formula is C22H25ClO4. The zero-order valence-electron chi connectivity index (χ0n) is 15.6. The molecule has 0 aliphatic carbocycles. The summed E-state index contributed by atoms with van der Waals surface area (Å²) in [6.45, 7) is 4.28. The van der Waals surface area contributed by atoms with E-state index in [0.717, 1.165) is 23.1 Å². The molecule has 4 nitrogen and oxygen atoms in total. The third-order valence-corrected chi connectivity index (χ3v) is 6.13. The molecule has 0 aromatic heterocycles. The van der Waals surface area contributed by atoms with Crippen LogP contribution in [0.2, 0.25) is 5.02 Å². The van der Waals surface area contributed by atoms with E-state index in [1.807, 2.05) is 12.1 Å². The van der Waals surface area contributed by atoms with Crippen molar-refractivity contribution in [1.82, 2.24) is 0 Å². The smallest absolute Gasteiger partial charge is 0.198 e. The van der Waals surface area contributed by atoms with E-state index in [9.17, 15) is 10.2 Å². The Morgan fingerprint density at radius 1 is 1.11 bits per heavy atom.